The van der Waals surface area contributed by atoms with Gasteiger partial charge in [-0.2, -0.15) is 18.4 Å². The number of rotatable bonds is 1. The van der Waals surface area contributed by atoms with Gasteiger partial charge in [0.05, 0.1) is 11.1 Å². The van der Waals surface area contributed by atoms with Gasteiger partial charge in [0, 0.05) is 4.88 Å². The summed E-state index contributed by atoms with van der Waals surface area (Å²) in [4.78, 5) is 0.000231. The summed E-state index contributed by atoms with van der Waals surface area (Å²) in [6.07, 6.45) is -4.61. The molecule has 6 heteroatoms. The number of benzene rings is 1. The van der Waals surface area contributed by atoms with Crippen LogP contribution in [0.1, 0.15) is 22.3 Å². The van der Waals surface area contributed by atoms with E-state index in [0.717, 1.165) is 16.9 Å². The molecule has 0 N–H and O–H groups in total. The second kappa shape index (κ2) is 5.12. The van der Waals surface area contributed by atoms with E-state index in [2.05, 4.69) is 0 Å². The van der Waals surface area contributed by atoms with Crippen molar-refractivity contribution in [1.82, 2.24) is 0 Å². The van der Waals surface area contributed by atoms with Gasteiger partial charge in [0.1, 0.15) is 10.4 Å². The summed E-state index contributed by atoms with van der Waals surface area (Å²) in [5.74, 6) is 0. The van der Waals surface area contributed by atoms with Gasteiger partial charge < -0.3 is 0 Å². The number of halogens is 4. The Morgan fingerprint density at radius 3 is 2.45 bits per heavy atom. The maximum atomic E-state index is 13.2. The van der Waals surface area contributed by atoms with Crippen molar-refractivity contribution < 1.29 is 13.2 Å². The summed E-state index contributed by atoms with van der Waals surface area (Å²) in [6, 6.07) is 6.81. The summed E-state index contributed by atoms with van der Waals surface area (Å²) in [5, 5.41) is 8.92. The molecule has 0 saturated carbocycles. The van der Waals surface area contributed by atoms with E-state index >= 15 is 0 Å². The Balaban J connectivity index is 2.82. The van der Waals surface area contributed by atoms with Crippen LogP contribution in [0.15, 0.2) is 18.2 Å². The first-order valence-corrected chi connectivity index (χ1v) is 6.82. The minimum atomic E-state index is -4.61. The van der Waals surface area contributed by atoms with Crippen LogP contribution in [0.4, 0.5) is 13.2 Å². The van der Waals surface area contributed by atoms with Crippen LogP contribution in [0.25, 0.3) is 10.4 Å². The molecule has 2 rings (SSSR count). The standard InChI is InChI=1S/C14H9ClF3NS/c1-7-3-4-8(2)9(5-7)12-11(14(16,17)18)10(6-19)13(15)20-12/h3-5H,1-2H3. The van der Waals surface area contributed by atoms with E-state index in [1.165, 1.54) is 0 Å². The zero-order valence-electron chi connectivity index (χ0n) is 10.6. The van der Waals surface area contributed by atoms with E-state index < -0.39 is 17.3 Å². The van der Waals surface area contributed by atoms with Gasteiger partial charge in [-0.25, -0.2) is 0 Å². The summed E-state index contributed by atoms with van der Waals surface area (Å²) < 4.78 is 39.5. The quantitative estimate of drug-likeness (QED) is 0.674. The van der Waals surface area contributed by atoms with Gasteiger partial charge in [0.25, 0.3) is 0 Å². The van der Waals surface area contributed by atoms with E-state index in [4.69, 9.17) is 16.9 Å². The summed E-state index contributed by atoms with van der Waals surface area (Å²) >= 11 is 6.59. The van der Waals surface area contributed by atoms with Crippen LogP contribution >= 0.6 is 22.9 Å². The third kappa shape index (κ3) is 2.54. The Morgan fingerprint density at radius 1 is 1.25 bits per heavy atom. The van der Waals surface area contributed by atoms with E-state index in [1.807, 2.05) is 6.07 Å². The molecule has 104 valence electrons. The molecule has 0 unspecified atom stereocenters. The molecule has 2 aromatic rings. The Morgan fingerprint density at radius 2 is 1.90 bits per heavy atom. The number of thiophene rings is 1. The predicted molar refractivity (Wildman–Crippen MR) is 74.0 cm³/mol. The minimum absolute atomic E-state index is 0.000231. The molecule has 1 nitrogen and oxygen atoms in total. The molecule has 1 aromatic carbocycles. The van der Waals surface area contributed by atoms with Crippen LogP contribution in [0.3, 0.4) is 0 Å². The first kappa shape index (κ1) is 14.9. The van der Waals surface area contributed by atoms with Crippen LogP contribution < -0.4 is 0 Å². The first-order valence-electron chi connectivity index (χ1n) is 5.63. The lowest BCUT2D eigenvalue weighted by Crippen LogP contribution is -2.07. The van der Waals surface area contributed by atoms with Gasteiger partial charge >= 0.3 is 6.18 Å². The van der Waals surface area contributed by atoms with Crippen molar-refractivity contribution in [2.24, 2.45) is 0 Å². The Labute approximate surface area is 123 Å². The molecule has 20 heavy (non-hydrogen) atoms. The average Bonchev–Trinajstić information content (AvgIpc) is 2.68. The fourth-order valence-electron chi connectivity index (χ4n) is 1.94. The molecule has 0 aliphatic rings. The SMILES string of the molecule is Cc1ccc(C)c(-c2sc(Cl)c(C#N)c2C(F)(F)F)c1. The van der Waals surface area contributed by atoms with Crippen LogP contribution in [0.5, 0.6) is 0 Å². The van der Waals surface area contributed by atoms with Gasteiger partial charge in [-0.1, -0.05) is 35.4 Å². The Kier molecular flexibility index (Phi) is 3.81. The molecule has 0 aliphatic heterocycles. The molecule has 0 saturated heterocycles. The van der Waals surface area contributed by atoms with Crippen molar-refractivity contribution >= 4 is 22.9 Å². The van der Waals surface area contributed by atoms with E-state index in [1.54, 1.807) is 32.0 Å². The lowest BCUT2D eigenvalue weighted by Gasteiger charge is -2.11. The van der Waals surface area contributed by atoms with Crippen LogP contribution in [0.2, 0.25) is 4.34 Å². The number of nitriles is 1. The molecular weight excluding hydrogens is 307 g/mol. The molecule has 0 aliphatic carbocycles. The molecule has 0 bridgehead atoms. The fraction of sp³-hybridized carbons (Fsp3) is 0.214. The third-order valence-electron chi connectivity index (χ3n) is 2.90. The highest BCUT2D eigenvalue weighted by Gasteiger charge is 2.40. The van der Waals surface area contributed by atoms with Gasteiger partial charge in [-0.3, -0.25) is 0 Å². The highest BCUT2D eigenvalue weighted by molar-refractivity contribution is 7.19. The highest BCUT2D eigenvalue weighted by atomic mass is 35.5. The molecule has 1 aromatic heterocycles. The van der Waals surface area contributed by atoms with Crippen molar-refractivity contribution in [2.45, 2.75) is 20.0 Å². The number of alkyl halides is 3. The average molecular weight is 316 g/mol. The molecule has 1 heterocycles. The summed E-state index contributed by atoms with van der Waals surface area (Å²) in [7, 11) is 0. The second-order valence-electron chi connectivity index (χ2n) is 4.38. The predicted octanol–water partition coefficient (Wildman–Crippen LogP) is 5.58. The molecule has 0 radical (unpaired) electrons. The maximum absolute atomic E-state index is 13.2. The molecule has 0 amide bonds. The fourth-order valence-corrected chi connectivity index (χ4v) is 3.39. The van der Waals surface area contributed by atoms with Crippen LogP contribution in [0, 0.1) is 25.2 Å². The maximum Gasteiger partial charge on any atom is 0.419 e. The highest BCUT2D eigenvalue weighted by Crippen LogP contribution is 2.48. The van der Waals surface area contributed by atoms with Crippen LogP contribution in [-0.4, -0.2) is 0 Å². The number of nitrogens with zero attached hydrogens (tertiary/aromatic N) is 1. The van der Waals surface area contributed by atoms with E-state index in [-0.39, 0.29) is 9.21 Å². The van der Waals surface area contributed by atoms with Gasteiger partial charge in [-0.15, -0.1) is 11.3 Å². The van der Waals surface area contributed by atoms with Gasteiger partial charge in [0.15, 0.2) is 0 Å². The minimum Gasteiger partial charge on any atom is -0.192 e. The second-order valence-corrected chi connectivity index (χ2v) is 6.01. The zero-order valence-corrected chi connectivity index (χ0v) is 12.2. The van der Waals surface area contributed by atoms with Crippen LogP contribution in [-0.2, 0) is 6.18 Å². The zero-order chi connectivity index (χ0) is 15.1. The number of hydrogen-bond donors (Lipinski definition) is 0. The lowest BCUT2D eigenvalue weighted by atomic mass is 10.00. The van der Waals surface area contributed by atoms with E-state index in [0.29, 0.717) is 11.1 Å². The molecular formula is C14H9ClF3NS. The monoisotopic (exact) mass is 315 g/mol. The van der Waals surface area contributed by atoms with Crippen molar-refractivity contribution in [3.63, 3.8) is 0 Å². The topological polar surface area (TPSA) is 23.8 Å². The van der Waals surface area contributed by atoms with Gasteiger partial charge in [-0.05, 0) is 25.0 Å². The number of aryl methyl sites for hydroxylation is 2. The number of hydrogen-bond acceptors (Lipinski definition) is 2. The first-order chi connectivity index (χ1) is 9.25. The molecule has 0 spiro atoms. The largest absolute Gasteiger partial charge is 0.419 e. The normalized spacial score (nSPS) is 11.4. The van der Waals surface area contributed by atoms with Crippen molar-refractivity contribution in [1.29, 1.82) is 5.26 Å². The third-order valence-corrected chi connectivity index (χ3v) is 4.33. The van der Waals surface area contributed by atoms with Gasteiger partial charge in [0.2, 0.25) is 0 Å². The van der Waals surface area contributed by atoms with Crippen molar-refractivity contribution in [2.75, 3.05) is 0 Å². The smallest absolute Gasteiger partial charge is 0.192 e. The van der Waals surface area contributed by atoms with Crippen molar-refractivity contribution in [3.05, 3.63) is 44.8 Å². The Hall–Kier alpha value is -1.51. The molecule has 0 fully saturated rings. The van der Waals surface area contributed by atoms with Crippen molar-refractivity contribution in [3.8, 4) is 16.5 Å². The summed E-state index contributed by atoms with van der Waals surface area (Å²) in [5.41, 5.74) is 0.583. The molecule has 0 atom stereocenters. The Bertz CT molecular complexity index is 710. The summed E-state index contributed by atoms with van der Waals surface area (Å²) in [6.45, 7) is 3.53. The van der Waals surface area contributed by atoms with E-state index in [9.17, 15) is 13.2 Å². The lowest BCUT2D eigenvalue weighted by molar-refractivity contribution is -0.137.